The van der Waals surface area contributed by atoms with Crippen molar-refractivity contribution in [3.63, 3.8) is 0 Å². The third-order valence-electron chi connectivity index (χ3n) is 4.12. The summed E-state index contributed by atoms with van der Waals surface area (Å²) in [4.78, 5) is 4.50. The van der Waals surface area contributed by atoms with E-state index in [0.717, 1.165) is 28.6 Å². The fraction of sp³-hybridized carbons (Fsp3) is 0.190. The summed E-state index contributed by atoms with van der Waals surface area (Å²) in [5, 5.41) is 0. The lowest BCUT2D eigenvalue weighted by atomic mass is 9.95. The SMILES string of the molecule is CO[C@@H](CCc1ccccc1)c1cc(Br)ccc1-c1ccccn1. The Kier molecular flexibility index (Phi) is 5.78. The molecule has 0 bridgehead atoms. The number of hydrogen-bond acceptors (Lipinski definition) is 2. The van der Waals surface area contributed by atoms with E-state index in [2.05, 4.69) is 63.4 Å². The molecule has 0 radical (unpaired) electrons. The minimum Gasteiger partial charge on any atom is -0.377 e. The highest BCUT2D eigenvalue weighted by Gasteiger charge is 2.17. The number of methoxy groups -OCH3 is 1. The third kappa shape index (κ3) is 4.11. The van der Waals surface area contributed by atoms with Gasteiger partial charge in [-0.3, -0.25) is 4.98 Å². The summed E-state index contributed by atoms with van der Waals surface area (Å²) in [5.41, 5.74) is 4.59. The van der Waals surface area contributed by atoms with E-state index in [4.69, 9.17) is 4.74 Å². The maximum Gasteiger partial charge on any atom is 0.0831 e. The number of aryl methyl sites for hydroxylation is 1. The maximum absolute atomic E-state index is 5.83. The number of hydrogen-bond donors (Lipinski definition) is 0. The van der Waals surface area contributed by atoms with Crippen molar-refractivity contribution in [2.75, 3.05) is 7.11 Å². The van der Waals surface area contributed by atoms with Gasteiger partial charge in [-0.25, -0.2) is 0 Å². The van der Waals surface area contributed by atoms with Crippen molar-refractivity contribution in [3.05, 3.63) is 88.5 Å². The number of benzene rings is 2. The second kappa shape index (κ2) is 8.22. The highest BCUT2D eigenvalue weighted by atomic mass is 79.9. The van der Waals surface area contributed by atoms with Gasteiger partial charge in [0, 0.05) is 23.3 Å². The molecule has 0 fully saturated rings. The zero-order valence-electron chi connectivity index (χ0n) is 13.7. The van der Waals surface area contributed by atoms with Gasteiger partial charge in [-0.2, -0.15) is 0 Å². The molecule has 0 aliphatic heterocycles. The molecule has 3 heteroatoms. The van der Waals surface area contributed by atoms with E-state index in [0.29, 0.717) is 0 Å². The van der Waals surface area contributed by atoms with Crippen LogP contribution in [0.4, 0.5) is 0 Å². The second-order valence-electron chi connectivity index (χ2n) is 5.70. The van der Waals surface area contributed by atoms with E-state index in [1.54, 1.807) is 7.11 Å². The van der Waals surface area contributed by atoms with Crippen LogP contribution in [-0.2, 0) is 11.2 Å². The molecule has 0 aliphatic rings. The van der Waals surface area contributed by atoms with Crippen molar-refractivity contribution >= 4 is 15.9 Å². The molecule has 3 aromatic rings. The lowest BCUT2D eigenvalue weighted by Crippen LogP contribution is -2.06. The molecule has 0 spiro atoms. The zero-order chi connectivity index (χ0) is 16.8. The van der Waals surface area contributed by atoms with Crippen molar-refractivity contribution in [1.29, 1.82) is 0 Å². The zero-order valence-corrected chi connectivity index (χ0v) is 15.2. The topological polar surface area (TPSA) is 22.1 Å². The number of ether oxygens (including phenoxy) is 1. The van der Waals surface area contributed by atoms with E-state index >= 15 is 0 Å². The van der Waals surface area contributed by atoms with Gasteiger partial charge in [0.2, 0.25) is 0 Å². The first-order chi connectivity index (χ1) is 11.8. The summed E-state index contributed by atoms with van der Waals surface area (Å²) >= 11 is 3.59. The molecule has 0 saturated heterocycles. The van der Waals surface area contributed by atoms with Crippen LogP contribution in [0.5, 0.6) is 0 Å². The van der Waals surface area contributed by atoms with Crippen molar-refractivity contribution in [2.24, 2.45) is 0 Å². The Labute approximate surface area is 151 Å². The summed E-state index contributed by atoms with van der Waals surface area (Å²) in [6.45, 7) is 0. The molecular formula is C21H20BrNO. The van der Waals surface area contributed by atoms with Crippen molar-refractivity contribution in [3.8, 4) is 11.3 Å². The molecule has 1 atom stereocenters. The standard InChI is InChI=1S/C21H20BrNO/c1-24-21(13-10-16-7-3-2-4-8-16)19-15-17(22)11-12-18(19)20-9-5-6-14-23-20/h2-9,11-12,14-15,21H,10,13H2,1H3/t21-/m0/s1. The second-order valence-corrected chi connectivity index (χ2v) is 6.61. The van der Waals surface area contributed by atoms with Gasteiger partial charge in [-0.1, -0.05) is 58.4 Å². The highest BCUT2D eigenvalue weighted by Crippen LogP contribution is 2.33. The molecule has 3 rings (SSSR count). The number of aromatic nitrogens is 1. The molecule has 0 N–H and O–H groups in total. The maximum atomic E-state index is 5.83. The van der Waals surface area contributed by atoms with Crippen LogP contribution in [0, 0.1) is 0 Å². The Hall–Kier alpha value is -1.97. The van der Waals surface area contributed by atoms with Crippen LogP contribution in [0.1, 0.15) is 23.7 Å². The lowest BCUT2D eigenvalue weighted by Gasteiger charge is -2.20. The Bertz CT molecular complexity index is 774. The van der Waals surface area contributed by atoms with E-state index in [1.165, 1.54) is 11.1 Å². The average Bonchev–Trinajstić information content (AvgIpc) is 2.64. The molecule has 2 aromatic carbocycles. The third-order valence-corrected chi connectivity index (χ3v) is 4.62. The van der Waals surface area contributed by atoms with Gasteiger partial charge < -0.3 is 4.74 Å². The van der Waals surface area contributed by atoms with E-state index < -0.39 is 0 Å². The van der Waals surface area contributed by atoms with Gasteiger partial charge in [0.25, 0.3) is 0 Å². The molecule has 0 aliphatic carbocycles. The Balaban J connectivity index is 1.89. The van der Waals surface area contributed by atoms with E-state index in [9.17, 15) is 0 Å². The van der Waals surface area contributed by atoms with Crippen LogP contribution in [-0.4, -0.2) is 12.1 Å². The molecule has 1 aromatic heterocycles. The van der Waals surface area contributed by atoms with Crippen LogP contribution in [0.2, 0.25) is 0 Å². The molecule has 122 valence electrons. The predicted molar refractivity (Wildman–Crippen MR) is 102 cm³/mol. The Morgan fingerprint density at radius 3 is 2.50 bits per heavy atom. The molecule has 24 heavy (non-hydrogen) atoms. The molecule has 0 saturated carbocycles. The normalized spacial score (nSPS) is 12.1. The quantitative estimate of drug-likeness (QED) is 0.535. The van der Waals surface area contributed by atoms with Crippen molar-refractivity contribution in [1.82, 2.24) is 4.98 Å². The molecule has 2 nitrogen and oxygen atoms in total. The van der Waals surface area contributed by atoms with Gasteiger partial charge in [0.1, 0.15) is 0 Å². The fourth-order valence-electron chi connectivity index (χ4n) is 2.90. The minimum absolute atomic E-state index is 0.0275. The summed E-state index contributed by atoms with van der Waals surface area (Å²) < 4.78 is 6.88. The number of halogens is 1. The lowest BCUT2D eigenvalue weighted by molar-refractivity contribution is 0.0963. The first kappa shape index (κ1) is 16.9. The van der Waals surface area contributed by atoms with Gasteiger partial charge in [-0.05, 0) is 48.2 Å². The van der Waals surface area contributed by atoms with E-state index in [1.807, 2.05) is 30.5 Å². The summed E-state index contributed by atoms with van der Waals surface area (Å²) in [5.74, 6) is 0. The molecular weight excluding hydrogens is 362 g/mol. The van der Waals surface area contributed by atoms with Gasteiger partial charge in [-0.15, -0.1) is 0 Å². The fourth-order valence-corrected chi connectivity index (χ4v) is 3.28. The largest absolute Gasteiger partial charge is 0.377 e. The average molecular weight is 382 g/mol. The van der Waals surface area contributed by atoms with Crippen molar-refractivity contribution < 1.29 is 4.74 Å². The number of nitrogens with zero attached hydrogens (tertiary/aromatic N) is 1. The summed E-state index contributed by atoms with van der Waals surface area (Å²) in [6.07, 6.45) is 3.76. The van der Waals surface area contributed by atoms with E-state index in [-0.39, 0.29) is 6.10 Å². The summed E-state index contributed by atoms with van der Waals surface area (Å²) in [7, 11) is 1.78. The Morgan fingerprint density at radius 2 is 1.79 bits per heavy atom. The van der Waals surface area contributed by atoms with Crippen LogP contribution < -0.4 is 0 Å². The first-order valence-electron chi connectivity index (χ1n) is 8.05. The Morgan fingerprint density at radius 1 is 1.00 bits per heavy atom. The number of rotatable bonds is 6. The number of pyridine rings is 1. The van der Waals surface area contributed by atoms with Crippen LogP contribution >= 0.6 is 15.9 Å². The smallest absolute Gasteiger partial charge is 0.0831 e. The van der Waals surface area contributed by atoms with Crippen LogP contribution in [0.3, 0.4) is 0 Å². The highest BCUT2D eigenvalue weighted by molar-refractivity contribution is 9.10. The molecule has 0 amide bonds. The van der Waals surface area contributed by atoms with Gasteiger partial charge in [0.05, 0.1) is 11.8 Å². The van der Waals surface area contributed by atoms with Gasteiger partial charge in [0.15, 0.2) is 0 Å². The van der Waals surface area contributed by atoms with Crippen LogP contribution in [0.15, 0.2) is 77.4 Å². The first-order valence-corrected chi connectivity index (χ1v) is 8.85. The van der Waals surface area contributed by atoms with Crippen LogP contribution in [0.25, 0.3) is 11.3 Å². The predicted octanol–water partition coefficient (Wildman–Crippen LogP) is 5.83. The molecule has 1 heterocycles. The monoisotopic (exact) mass is 381 g/mol. The van der Waals surface area contributed by atoms with Gasteiger partial charge >= 0.3 is 0 Å². The molecule has 0 unspecified atom stereocenters. The summed E-state index contributed by atoms with van der Waals surface area (Å²) in [6, 6.07) is 22.8. The van der Waals surface area contributed by atoms with Crippen molar-refractivity contribution in [2.45, 2.75) is 18.9 Å². The minimum atomic E-state index is 0.0275.